The van der Waals surface area contributed by atoms with Crippen molar-refractivity contribution in [3.05, 3.63) is 34.1 Å². The third kappa shape index (κ3) is 7.21. The van der Waals surface area contributed by atoms with E-state index in [2.05, 4.69) is 46.8 Å². The highest BCUT2D eigenvalue weighted by Gasteiger charge is 2.24. The van der Waals surface area contributed by atoms with Crippen molar-refractivity contribution in [3.63, 3.8) is 0 Å². The molecular weight excluding hydrogens is 432 g/mol. The first-order valence-electron chi connectivity index (χ1n) is 10.4. The molecule has 32 heavy (non-hydrogen) atoms. The van der Waals surface area contributed by atoms with E-state index in [4.69, 9.17) is 15.6 Å². The van der Waals surface area contributed by atoms with Crippen molar-refractivity contribution in [3.8, 4) is 0 Å². The van der Waals surface area contributed by atoms with Gasteiger partial charge in [0.25, 0.3) is 11.8 Å². The van der Waals surface area contributed by atoms with Crippen molar-refractivity contribution in [2.75, 3.05) is 38.2 Å². The first kappa shape index (κ1) is 25.6. The Morgan fingerprint density at radius 1 is 1.34 bits per heavy atom. The van der Waals surface area contributed by atoms with Crippen LogP contribution >= 0.6 is 11.8 Å². The van der Waals surface area contributed by atoms with Crippen LogP contribution in [0.2, 0.25) is 0 Å². The van der Waals surface area contributed by atoms with Gasteiger partial charge in [-0.15, -0.1) is 0 Å². The number of allylic oxidation sites excluding steroid dienone is 1. The van der Waals surface area contributed by atoms with Crippen LogP contribution in [-0.4, -0.2) is 64.7 Å². The zero-order valence-electron chi connectivity index (χ0n) is 19.0. The maximum absolute atomic E-state index is 12.1. The Balaban J connectivity index is 1.94. The van der Waals surface area contributed by atoms with E-state index in [-0.39, 0.29) is 18.6 Å². The fourth-order valence-electron chi connectivity index (χ4n) is 2.68. The summed E-state index contributed by atoms with van der Waals surface area (Å²) in [7, 11) is 0. The summed E-state index contributed by atoms with van der Waals surface area (Å²) in [4.78, 5) is 33.6. The number of nitrogens with zero attached hydrogens (tertiary/aromatic N) is 3. The molecule has 0 radical (unpaired) electrons. The second-order valence-corrected chi connectivity index (χ2v) is 8.93. The molecule has 1 aromatic rings. The van der Waals surface area contributed by atoms with Gasteiger partial charge in [-0.05, 0) is 24.8 Å². The Bertz CT molecular complexity index is 881. The monoisotopic (exact) mass is 464 g/mol. The fourth-order valence-corrected chi connectivity index (χ4v) is 3.73. The molecule has 11 heteroatoms. The summed E-state index contributed by atoms with van der Waals surface area (Å²) in [6, 6.07) is 1.74. The summed E-state index contributed by atoms with van der Waals surface area (Å²) in [6.45, 7) is 8.12. The maximum Gasteiger partial charge on any atom is 0.255 e. The van der Waals surface area contributed by atoms with Gasteiger partial charge < -0.3 is 26.2 Å². The van der Waals surface area contributed by atoms with Crippen molar-refractivity contribution >= 4 is 35.2 Å². The van der Waals surface area contributed by atoms with Crippen LogP contribution in [0.4, 0.5) is 5.95 Å². The zero-order valence-corrected chi connectivity index (χ0v) is 19.8. The SMILES string of the molecule is CCOCC(=O)N(CCCNc1nccc(/C(N)=C2/NC(C(C)(C)C)=CS2)n1)C(=O)CO. The predicted octanol–water partition coefficient (Wildman–Crippen LogP) is 1.47. The minimum atomic E-state index is -0.734. The number of imide groups is 1. The van der Waals surface area contributed by atoms with Crippen LogP contribution < -0.4 is 16.4 Å². The molecule has 0 saturated carbocycles. The lowest BCUT2D eigenvalue weighted by molar-refractivity contribution is -0.149. The molecule has 0 spiro atoms. The quantitative estimate of drug-likeness (QED) is 0.376. The minimum Gasteiger partial charge on any atom is -0.395 e. The standard InChI is InChI=1S/C21H32N6O4S/c1-5-31-12-17(30)27(16(29)11-28)10-6-8-23-20-24-9-7-14(25-20)18(22)19-26-15(13-32-19)21(2,3)4/h7,9,13,26,28H,5-6,8,10-12,22H2,1-4H3,(H,23,24,25)/b19-18+. The number of anilines is 1. The summed E-state index contributed by atoms with van der Waals surface area (Å²) >= 11 is 1.52. The molecule has 0 unspecified atom stereocenters. The number of amides is 2. The van der Waals surface area contributed by atoms with Gasteiger partial charge in [-0.1, -0.05) is 32.5 Å². The number of carbonyl (C=O) groups is 2. The molecule has 0 bridgehead atoms. The Morgan fingerprint density at radius 3 is 2.72 bits per heavy atom. The highest BCUT2D eigenvalue weighted by atomic mass is 32.2. The number of nitrogens with two attached hydrogens (primary N) is 1. The summed E-state index contributed by atoms with van der Waals surface area (Å²) in [5.74, 6) is -0.746. The molecule has 1 aliphatic rings. The average Bonchev–Trinajstić information content (AvgIpc) is 3.27. The summed E-state index contributed by atoms with van der Waals surface area (Å²) < 4.78 is 5.06. The smallest absolute Gasteiger partial charge is 0.255 e. The molecule has 0 saturated heterocycles. The molecule has 1 aromatic heterocycles. The van der Waals surface area contributed by atoms with Gasteiger partial charge >= 0.3 is 0 Å². The van der Waals surface area contributed by atoms with E-state index < -0.39 is 18.4 Å². The Hall–Kier alpha value is -2.63. The van der Waals surface area contributed by atoms with Crippen molar-refractivity contribution in [1.82, 2.24) is 20.2 Å². The van der Waals surface area contributed by atoms with Gasteiger partial charge in [0.1, 0.15) is 18.2 Å². The van der Waals surface area contributed by atoms with Crippen molar-refractivity contribution in [1.29, 1.82) is 0 Å². The summed E-state index contributed by atoms with van der Waals surface area (Å²) in [5, 5.41) is 18.4. The Labute approximate surface area is 192 Å². The van der Waals surface area contributed by atoms with Crippen LogP contribution in [0.3, 0.4) is 0 Å². The van der Waals surface area contributed by atoms with Gasteiger partial charge in [0.2, 0.25) is 5.95 Å². The number of carbonyl (C=O) groups excluding carboxylic acids is 2. The molecular formula is C21H32N6O4S. The lowest BCUT2D eigenvalue weighted by atomic mass is 9.93. The molecule has 2 heterocycles. The van der Waals surface area contributed by atoms with E-state index in [9.17, 15) is 9.59 Å². The van der Waals surface area contributed by atoms with Gasteiger partial charge in [-0.25, -0.2) is 9.97 Å². The lowest BCUT2D eigenvalue weighted by Gasteiger charge is -2.21. The van der Waals surface area contributed by atoms with Crippen LogP contribution in [0.25, 0.3) is 5.70 Å². The van der Waals surface area contributed by atoms with Gasteiger partial charge in [-0.2, -0.15) is 0 Å². The van der Waals surface area contributed by atoms with E-state index in [0.717, 1.165) is 15.6 Å². The highest BCUT2D eigenvalue weighted by molar-refractivity contribution is 8.06. The summed E-state index contributed by atoms with van der Waals surface area (Å²) in [6.07, 6.45) is 2.06. The molecule has 5 N–H and O–H groups in total. The van der Waals surface area contributed by atoms with Crippen LogP contribution in [0.5, 0.6) is 0 Å². The molecule has 0 aromatic carbocycles. The number of thioether (sulfide) groups is 1. The zero-order chi connectivity index (χ0) is 23.7. The third-order valence-electron chi connectivity index (χ3n) is 4.54. The number of aliphatic hydroxyl groups is 1. The lowest BCUT2D eigenvalue weighted by Crippen LogP contribution is -2.42. The molecule has 2 amide bonds. The van der Waals surface area contributed by atoms with Crippen LogP contribution in [0, 0.1) is 5.41 Å². The van der Waals surface area contributed by atoms with Gasteiger partial charge in [0, 0.05) is 37.0 Å². The van der Waals surface area contributed by atoms with Gasteiger partial charge in [-0.3, -0.25) is 14.5 Å². The Kier molecular flexibility index (Phi) is 9.48. The van der Waals surface area contributed by atoms with Gasteiger partial charge in [0.05, 0.1) is 11.4 Å². The molecule has 0 aliphatic carbocycles. The second kappa shape index (κ2) is 11.8. The first-order valence-corrected chi connectivity index (χ1v) is 11.3. The summed E-state index contributed by atoms with van der Waals surface area (Å²) in [5.41, 5.74) is 8.51. The predicted molar refractivity (Wildman–Crippen MR) is 125 cm³/mol. The van der Waals surface area contributed by atoms with E-state index >= 15 is 0 Å². The van der Waals surface area contributed by atoms with Crippen LogP contribution in [-0.2, 0) is 14.3 Å². The van der Waals surface area contributed by atoms with E-state index in [1.165, 1.54) is 11.8 Å². The highest BCUT2D eigenvalue weighted by Crippen LogP contribution is 2.36. The second-order valence-electron chi connectivity index (χ2n) is 8.05. The number of aliphatic hydroxyl groups excluding tert-OH is 1. The average molecular weight is 465 g/mol. The number of ether oxygens (including phenoxy) is 1. The molecule has 2 rings (SSSR count). The topological polar surface area (TPSA) is 143 Å². The van der Waals surface area contributed by atoms with E-state index in [1.54, 1.807) is 19.2 Å². The minimum absolute atomic E-state index is 0.0112. The Morgan fingerprint density at radius 2 is 2.09 bits per heavy atom. The fraction of sp³-hybridized carbons (Fsp3) is 0.524. The van der Waals surface area contributed by atoms with Gasteiger partial charge in [0.15, 0.2) is 0 Å². The number of rotatable bonds is 10. The van der Waals surface area contributed by atoms with Crippen LogP contribution in [0.1, 0.15) is 39.8 Å². The van der Waals surface area contributed by atoms with Crippen LogP contribution in [0.15, 0.2) is 28.4 Å². The maximum atomic E-state index is 12.1. The molecule has 1 aliphatic heterocycles. The number of hydrogen-bond acceptors (Lipinski definition) is 10. The first-order chi connectivity index (χ1) is 15.2. The number of aromatic nitrogens is 2. The normalized spacial score (nSPS) is 15.1. The molecule has 0 fully saturated rings. The number of nitrogens with one attached hydrogen (secondary N) is 2. The van der Waals surface area contributed by atoms with E-state index in [0.29, 0.717) is 36.9 Å². The van der Waals surface area contributed by atoms with Crippen molar-refractivity contribution in [2.24, 2.45) is 11.1 Å². The molecule has 176 valence electrons. The third-order valence-corrected chi connectivity index (χ3v) is 5.45. The van der Waals surface area contributed by atoms with Crippen molar-refractivity contribution < 1.29 is 19.4 Å². The number of hydrogen-bond donors (Lipinski definition) is 4. The van der Waals surface area contributed by atoms with E-state index in [1.807, 2.05) is 0 Å². The molecule has 0 atom stereocenters. The molecule has 10 nitrogen and oxygen atoms in total. The largest absolute Gasteiger partial charge is 0.395 e. The van der Waals surface area contributed by atoms with Crippen molar-refractivity contribution in [2.45, 2.75) is 34.1 Å².